The van der Waals surface area contributed by atoms with E-state index >= 15 is 0 Å². The fourth-order valence-electron chi connectivity index (χ4n) is 5.32. The minimum absolute atomic E-state index is 0.0118. The number of hydrogen-bond acceptors (Lipinski definition) is 6. The summed E-state index contributed by atoms with van der Waals surface area (Å²) in [6.45, 7) is 4.41. The third-order valence-electron chi connectivity index (χ3n) is 7.20. The zero-order valence-electron chi connectivity index (χ0n) is 19.7. The number of hydrazine groups is 1. The summed E-state index contributed by atoms with van der Waals surface area (Å²) in [6.07, 6.45) is 0. The van der Waals surface area contributed by atoms with Crippen molar-refractivity contribution in [1.82, 2.24) is 15.8 Å². The minimum atomic E-state index is -0.478. The Morgan fingerprint density at radius 3 is 2.40 bits per heavy atom. The maximum Gasteiger partial charge on any atom is 0.242 e. The molecule has 0 aromatic heterocycles. The number of fused-ring (bicyclic) bond motifs is 1. The van der Waals surface area contributed by atoms with Gasteiger partial charge < -0.3 is 19.8 Å². The molecule has 2 aliphatic heterocycles. The van der Waals surface area contributed by atoms with Gasteiger partial charge in [-0.2, -0.15) is 0 Å². The Labute approximate surface area is 212 Å². The molecule has 0 spiro atoms. The fourth-order valence-corrected chi connectivity index (χ4v) is 5.77. The van der Waals surface area contributed by atoms with Crippen molar-refractivity contribution in [2.45, 2.75) is 38.5 Å². The van der Waals surface area contributed by atoms with Gasteiger partial charge in [0.1, 0.15) is 11.8 Å². The summed E-state index contributed by atoms with van der Waals surface area (Å²) in [5.74, 6) is 0.295. The number of halogens is 1. The lowest BCUT2D eigenvalue weighted by molar-refractivity contribution is -0.131. The van der Waals surface area contributed by atoms with E-state index in [0.29, 0.717) is 16.8 Å². The van der Waals surface area contributed by atoms with Crippen LogP contribution in [0, 0.1) is 19.8 Å². The number of phenolic OH excluding ortho intramolecular Hbond substituents is 2. The standard InChI is InChI=1S/C27H28BrN3O4/c1-14-9-18(20(32)10-15(14)2)23-22-24(30-29-23)27(34)31(13-16-7-5-4-6-8-16)25(22)17-11-19(28)26(33)21(12-17)35-3/h4-12,22-25,29-30,32-33H,13H2,1-3H3. The highest BCUT2D eigenvalue weighted by atomic mass is 79.9. The van der Waals surface area contributed by atoms with E-state index in [9.17, 15) is 15.0 Å². The quantitative estimate of drug-likeness (QED) is 0.385. The first-order valence-electron chi connectivity index (χ1n) is 11.5. The molecule has 182 valence electrons. The van der Waals surface area contributed by atoms with Crippen LogP contribution in [0.25, 0.3) is 0 Å². The molecular weight excluding hydrogens is 510 g/mol. The van der Waals surface area contributed by atoms with Crippen molar-refractivity contribution in [3.63, 3.8) is 0 Å². The molecule has 0 bridgehead atoms. The molecule has 5 rings (SSSR count). The van der Waals surface area contributed by atoms with E-state index in [1.807, 2.05) is 61.2 Å². The van der Waals surface area contributed by atoms with Gasteiger partial charge in [-0.1, -0.05) is 36.4 Å². The molecule has 4 unspecified atom stereocenters. The van der Waals surface area contributed by atoms with E-state index in [4.69, 9.17) is 4.74 Å². The molecule has 8 heteroatoms. The fraction of sp³-hybridized carbons (Fsp3) is 0.296. The maximum atomic E-state index is 13.7. The highest BCUT2D eigenvalue weighted by Gasteiger charge is 2.56. The number of ether oxygens (including phenoxy) is 1. The Hall–Kier alpha value is -3.07. The van der Waals surface area contributed by atoms with Crippen LogP contribution in [0.5, 0.6) is 17.2 Å². The largest absolute Gasteiger partial charge is 0.508 e. The van der Waals surface area contributed by atoms with Crippen molar-refractivity contribution in [3.05, 3.63) is 86.9 Å². The number of phenols is 2. The third kappa shape index (κ3) is 4.05. The number of nitrogens with one attached hydrogen (secondary N) is 2. The Morgan fingerprint density at radius 1 is 1.00 bits per heavy atom. The van der Waals surface area contributed by atoms with Crippen LogP contribution in [0.2, 0.25) is 0 Å². The summed E-state index contributed by atoms with van der Waals surface area (Å²) in [5.41, 5.74) is 11.2. The molecule has 0 aliphatic carbocycles. The van der Waals surface area contributed by atoms with Crippen LogP contribution in [0.4, 0.5) is 0 Å². The highest BCUT2D eigenvalue weighted by Crippen LogP contribution is 2.51. The van der Waals surface area contributed by atoms with Crippen molar-refractivity contribution in [2.75, 3.05) is 7.11 Å². The van der Waals surface area contributed by atoms with Gasteiger partial charge >= 0.3 is 0 Å². The molecule has 4 N–H and O–H groups in total. The van der Waals surface area contributed by atoms with Crippen LogP contribution in [0.15, 0.2) is 59.1 Å². The molecule has 3 aromatic rings. The van der Waals surface area contributed by atoms with E-state index in [0.717, 1.165) is 27.8 Å². The number of likely N-dealkylation sites (tertiary alicyclic amines) is 1. The first-order valence-corrected chi connectivity index (χ1v) is 12.3. The van der Waals surface area contributed by atoms with Gasteiger partial charge in [0.05, 0.1) is 23.7 Å². The number of aromatic hydroxyl groups is 2. The van der Waals surface area contributed by atoms with Crippen molar-refractivity contribution < 1.29 is 19.7 Å². The van der Waals surface area contributed by atoms with Crippen molar-refractivity contribution in [3.8, 4) is 17.2 Å². The first-order chi connectivity index (χ1) is 16.8. The summed E-state index contributed by atoms with van der Waals surface area (Å²) in [6, 6.07) is 16.1. The maximum absolute atomic E-state index is 13.7. The second kappa shape index (κ2) is 9.18. The van der Waals surface area contributed by atoms with Crippen molar-refractivity contribution >= 4 is 21.8 Å². The molecule has 2 aliphatic rings. The number of amides is 1. The zero-order valence-corrected chi connectivity index (χ0v) is 21.3. The Morgan fingerprint density at radius 2 is 1.69 bits per heavy atom. The molecular formula is C27H28BrN3O4. The van der Waals surface area contributed by atoms with Crippen LogP contribution in [-0.4, -0.2) is 34.2 Å². The van der Waals surface area contributed by atoms with Gasteiger partial charge in [-0.05, 0) is 70.2 Å². The molecule has 7 nitrogen and oxygen atoms in total. The lowest BCUT2D eigenvalue weighted by Crippen LogP contribution is -2.41. The Kier molecular flexibility index (Phi) is 6.21. The molecule has 0 radical (unpaired) electrons. The van der Waals surface area contributed by atoms with Gasteiger partial charge in [-0.3, -0.25) is 4.79 Å². The number of rotatable bonds is 5. The highest BCUT2D eigenvalue weighted by molar-refractivity contribution is 9.10. The Balaban J connectivity index is 1.64. The van der Waals surface area contributed by atoms with Crippen molar-refractivity contribution in [1.29, 1.82) is 0 Å². The number of methoxy groups -OCH3 is 1. The van der Waals surface area contributed by atoms with Crippen LogP contribution in [0.1, 0.15) is 39.9 Å². The molecule has 3 aromatic carbocycles. The molecule has 1 amide bonds. The van der Waals surface area contributed by atoms with Gasteiger partial charge in [0, 0.05) is 18.0 Å². The summed E-state index contributed by atoms with van der Waals surface area (Å²) in [5, 5.41) is 21.3. The average molecular weight is 538 g/mol. The van der Waals surface area contributed by atoms with E-state index in [2.05, 4.69) is 26.8 Å². The van der Waals surface area contributed by atoms with Crippen LogP contribution in [0.3, 0.4) is 0 Å². The molecule has 2 heterocycles. The van der Waals surface area contributed by atoms with E-state index in [1.165, 1.54) is 7.11 Å². The molecule has 0 saturated carbocycles. The number of hydrogen-bond donors (Lipinski definition) is 4. The molecule has 2 saturated heterocycles. The number of nitrogens with zero attached hydrogens (tertiary/aromatic N) is 1. The zero-order chi connectivity index (χ0) is 24.9. The average Bonchev–Trinajstić information content (AvgIpc) is 3.38. The second-order valence-electron chi connectivity index (χ2n) is 9.27. The first kappa shape index (κ1) is 23.7. The van der Waals surface area contributed by atoms with Gasteiger partial charge in [0.25, 0.3) is 0 Å². The van der Waals surface area contributed by atoms with Gasteiger partial charge in [0.2, 0.25) is 5.91 Å². The third-order valence-corrected chi connectivity index (χ3v) is 7.80. The van der Waals surface area contributed by atoms with E-state index in [1.54, 1.807) is 12.1 Å². The second-order valence-corrected chi connectivity index (χ2v) is 10.1. The lowest BCUT2D eigenvalue weighted by Gasteiger charge is -2.32. The van der Waals surface area contributed by atoms with Gasteiger partial charge in [0.15, 0.2) is 11.5 Å². The summed E-state index contributed by atoms with van der Waals surface area (Å²) in [4.78, 5) is 15.6. The molecule has 35 heavy (non-hydrogen) atoms. The summed E-state index contributed by atoms with van der Waals surface area (Å²) < 4.78 is 5.92. The van der Waals surface area contributed by atoms with Crippen LogP contribution >= 0.6 is 15.9 Å². The minimum Gasteiger partial charge on any atom is -0.508 e. The summed E-state index contributed by atoms with van der Waals surface area (Å²) >= 11 is 3.44. The SMILES string of the molecule is COc1cc(C2C3C(NNC3c3cc(C)c(C)cc3O)C(=O)N2Cc2ccccc2)cc(Br)c1O. The van der Waals surface area contributed by atoms with E-state index < -0.39 is 6.04 Å². The Bertz CT molecular complexity index is 1280. The molecule has 2 fully saturated rings. The number of benzene rings is 3. The monoisotopic (exact) mass is 537 g/mol. The smallest absolute Gasteiger partial charge is 0.242 e. The van der Waals surface area contributed by atoms with E-state index in [-0.39, 0.29) is 35.4 Å². The van der Waals surface area contributed by atoms with Crippen LogP contribution in [-0.2, 0) is 11.3 Å². The molecule has 4 atom stereocenters. The van der Waals surface area contributed by atoms with Crippen LogP contribution < -0.4 is 15.6 Å². The van der Waals surface area contributed by atoms with Gasteiger partial charge in [-0.25, -0.2) is 10.9 Å². The number of carbonyl (C=O) groups is 1. The topological polar surface area (TPSA) is 94.1 Å². The predicted octanol–water partition coefficient (Wildman–Crippen LogP) is 4.40. The van der Waals surface area contributed by atoms with Gasteiger partial charge in [-0.15, -0.1) is 0 Å². The summed E-state index contributed by atoms with van der Waals surface area (Å²) in [7, 11) is 1.50. The normalized spacial score (nSPS) is 23.5. The lowest BCUT2D eigenvalue weighted by atomic mass is 9.82. The number of aryl methyl sites for hydroxylation is 2. The van der Waals surface area contributed by atoms with Crippen molar-refractivity contribution in [2.24, 2.45) is 5.92 Å². The number of carbonyl (C=O) groups excluding carboxylic acids is 1. The predicted molar refractivity (Wildman–Crippen MR) is 136 cm³/mol.